The van der Waals surface area contributed by atoms with Crippen molar-refractivity contribution in [1.29, 1.82) is 0 Å². The summed E-state index contributed by atoms with van der Waals surface area (Å²) in [5.41, 5.74) is 9.60. The molecule has 0 aliphatic rings. The van der Waals surface area contributed by atoms with Crippen LogP contribution in [0.25, 0.3) is 10.9 Å². The summed E-state index contributed by atoms with van der Waals surface area (Å²) in [4.78, 5) is 4.63. The van der Waals surface area contributed by atoms with Crippen LogP contribution in [0, 0.1) is 0 Å². The maximum Gasteiger partial charge on any atom is 0.130 e. The molecule has 0 radical (unpaired) electrons. The molecule has 3 aromatic carbocycles. The van der Waals surface area contributed by atoms with Gasteiger partial charge in [-0.15, -0.1) is 0 Å². The van der Waals surface area contributed by atoms with Gasteiger partial charge in [0.2, 0.25) is 0 Å². The summed E-state index contributed by atoms with van der Waals surface area (Å²) in [6, 6.07) is 27.7. The van der Waals surface area contributed by atoms with Gasteiger partial charge in [-0.3, -0.25) is 0 Å². The first-order valence-electron chi connectivity index (χ1n) is 10.00. The van der Waals surface area contributed by atoms with Crippen LogP contribution >= 0.6 is 0 Å². The number of hydrogen-bond acceptors (Lipinski definition) is 5. The molecule has 31 heavy (non-hydrogen) atoms. The van der Waals surface area contributed by atoms with E-state index in [1.54, 1.807) is 0 Å². The van der Waals surface area contributed by atoms with E-state index < -0.39 is 0 Å². The van der Waals surface area contributed by atoms with Gasteiger partial charge in [0.05, 0.1) is 11.2 Å². The third-order valence-corrected chi connectivity index (χ3v) is 4.85. The number of benzene rings is 3. The molecule has 0 amide bonds. The maximum atomic E-state index is 5.88. The van der Waals surface area contributed by atoms with Gasteiger partial charge in [-0.2, -0.15) is 5.10 Å². The van der Waals surface area contributed by atoms with Crippen LogP contribution in [-0.4, -0.2) is 10.8 Å². The van der Waals surface area contributed by atoms with Gasteiger partial charge < -0.3 is 21.1 Å². The van der Waals surface area contributed by atoms with Crippen molar-refractivity contribution in [2.24, 2.45) is 16.7 Å². The summed E-state index contributed by atoms with van der Waals surface area (Å²) in [6.07, 6.45) is 0.521. The summed E-state index contributed by atoms with van der Waals surface area (Å²) in [5, 5.41) is 4.60. The quantitative estimate of drug-likeness (QED) is 0.196. The van der Waals surface area contributed by atoms with Crippen LogP contribution in [0.15, 0.2) is 90.0 Å². The van der Waals surface area contributed by atoms with Gasteiger partial charge in [0, 0.05) is 11.8 Å². The average molecular weight is 412 g/mol. The Morgan fingerprint density at radius 2 is 1.39 bits per heavy atom. The minimum Gasteiger partial charge on any atom is -0.489 e. The number of pyridine rings is 1. The van der Waals surface area contributed by atoms with Crippen molar-refractivity contribution in [2.75, 3.05) is 0 Å². The van der Waals surface area contributed by atoms with Crippen LogP contribution in [0.1, 0.15) is 16.8 Å². The molecule has 1 heterocycles. The number of fused-ring (bicyclic) bond motifs is 1. The van der Waals surface area contributed by atoms with E-state index in [-0.39, 0.29) is 0 Å². The molecule has 0 spiro atoms. The van der Waals surface area contributed by atoms with Gasteiger partial charge in [0.1, 0.15) is 30.5 Å². The number of rotatable bonds is 8. The van der Waals surface area contributed by atoms with Gasteiger partial charge in [-0.05, 0) is 47.5 Å². The monoisotopic (exact) mass is 412 g/mol. The lowest BCUT2D eigenvalue weighted by Crippen LogP contribution is -2.16. The van der Waals surface area contributed by atoms with Crippen molar-refractivity contribution in [3.63, 3.8) is 0 Å². The maximum absolute atomic E-state index is 5.88. The SMILES string of the molecule is N/N=C(\N)Cc1ccc(OCc2ccc(OCc3ccc4ccccc4n3)cc2)cc1. The van der Waals surface area contributed by atoms with Gasteiger partial charge in [0.15, 0.2) is 0 Å². The molecule has 1 aromatic heterocycles. The third-order valence-electron chi connectivity index (χ3n) is 4.85. The van der Waals surface area contributed by atoms with Crippen LogP contribution in [-0.2, 0) is 19.6 Å². The molecular formula is C25H24N4O2. The topological polar surface area (TPSA) is 95.8 Å². The van der Waals surface area contributed by atoms with Crippen LogP contribution in [0.3, 0.4) is 0 Å². The van der Waals surface area contributed by atoms with E-state index in [1.165, 1.54) is 0 Å². The first-order valence-corrected chi connectivity index (χ1v) is 10.00. The number of nitrogens with two attached hydrogens (primary N) is 2. The fraction of sp³-hybridized carbons (Fsp3) is 0.120. The smallest absolute Gasteiger partial charge is 0.130 e. The summed E-state index contributed by atoms with van der Waals surface area (Å²) in [6.45, 7) is 0.894. The number of para-hydroxylation sites is 1. The molecule has 156 valence electrons. The second-order valence-corrected chi connectivity index (χ2v) is 7.16. The van der Waals surface area contributed by atoms with Crippen LogP contribution in [0.4, 0.5) is 0 Å². The average Bonchev–Trinajstić information content (AvgIpc) is 2.82. The highest BCUT2D eigenvalue weighted by Crippen LogP contribution is 2.18. The molecule has 4 N–H and O–H groups in total. The Hall–Kier alpha value is -4.06. The zero-order valence-corrected chi connectivity index (χ0v) is 17.1. The van der Waals surface area contributed by atoms with Gasteiger partial charge in [-0.25, -0.2) is 4.98 Å². The lowest BCUT2D eigenvalue weighted by molar-refractivity contribution is 0.298. The number of hydrazone groups is 1. The van der Waals surface area contributed by atoms with Crippen molar-refractivity contribution in [3.8, 4) is 11.5 Å². The lowest BCUT2D eigenvalue weighted by atomic mass is 10.1. The second-order valence-electron chi connectivity index (χ2n) is 7.16. The molecular weight excluding hydrogens is 388 g/mol. The normalized spacial score (nSPS) is 11.4. The predicted octanol–water partition coefficient (Wildman–Crippen LogP) is 4.17. The third kappa shape index (κ3) is 5.51. The Balaban J connectivity index is 1.28. The van der Waals surface area contributed by atoms with E-state index in [9.17, 15) is 0 Å². The zero-order chi connectivity index (χ0) is 21.5. The summed E-state index contributed by atoms with van der Waals surface area (Å²) < 4.78 is 11.7. The minimum atomic E-state index is 0.396. The largest absolute Gasteiger partial charge is 0.489 e. The fourth-order valence-corrected chi connectivity index (χ4v) is 3.15. The molecule has 0 saturated heterocycles. The van der Waals surface area contributed by atoms with Crippen LogP contribution in [0.2, 0.25) is 0 Å². The first-order chi connectivity index (χ1) is 15.2. The number of hydrogen-bond donors (Lipinski definition) is 2. The lowest BCUT2D eigenvalue weighted by Gasteiger charge is -2.09. The number of nitrogens with zero attached hydrogens (tertiary/aromatic N) is 2. The van der Waals surface area contributed by atoms with E-state index in [0.717, 1.165) is 39.2 Å². The number of ether oxygens (including phenoxy) is 2. The minimum absolute atomic E-state index is 0.396. The molecule has 0 aliphatic carbocycles. The number of aromatic nitrogens is 1. The van der Waals surface area contributed by atoms with Gasteiger partial charge in [0.25, 0.3) is 0 Å². The summed E-state index contributed by atoms with van der Waals surface area (Å²) >= 11 is 0. The Bertz CT molecular complexity index is 1170. The first kappa shape index (κ1) is 20.2. The Morgan fingerprint density at radius 1 is 0.742 bits per heavy atom. The van der Waals surface area contributed by atoms with Gasteiger partial charge in [-0.1, -0.05) is 48.5 Å². The molecule has 6 nitrogen and oxygen atoms in total. The molecule has 0 saturated carbocycles. The van der Waals surface area contributed by atoms with E-state index in [0.29, 0.717) is 25.5 Å². The summed E-state index contributed by atoms with van der Waals surface area (Å²) in [5.74, 6) is 7.14. The van der Waals surface area contributed by atoms with Crippen molar-refractivity contribution in [2.45, 2.75) is 19.6 Å². The molecule has 4 aromatic rings. The van der Waals surface area contributed by atoms with Crippen molar-refractivity contribution < 1.29 is 9.47 Å². The Kier molecular flexibility index (Phi) is 6.28. The molecule has 0 atom stereocenters. The van der Waals surface area contributed by atoms with E-state index in [1.807, 2.05) is 72.8 Å². The molecule has 4 rings (SSSR count). The van der Waals surface area contributed by atoms with Crippen LogP contribution in [0.5, 0.6) is 11.5 Å². The fourth-order valence-electron chi connectivity index (χ4n) is 3.15. The zero-order valence-electron chi connectivity index (χ0n) is 17.1. The van der Waals surface area contributed by atoms with Crippen molar-refractivity contribution >= 4 is 16.7 Å². The van der Waals surface area contributed by atoms with E-state index >= 15 is 0 Å². The highest BCUT2D eigenvalue weighted by atomic mass is 16.5. The standard InChI is InChI=1S/C25H24N4O2/c26-25(29-27)15-18-5-11-22(12-6-18)30-16-19-7-13-23(14-8-19)31-17-21-10-9-20-3-1-2-4-24(20)28-21/h1-14H,15-17,27H2,(H2,26,29). The molecule has 0 aliphatic heterocycles. The highest BCUT2D eigenvalue weighted by Gasteiger charge is 2.02. The van der Waals surface area contributed by atoms with Gasteiger partial charge >= 0.3 is 0 Å². The van der Waals surface area contributed by atoms with Crippen molar-refractivity contribution in [1.82, 2.24) is 4.98 Å². The van der Waals surface area contributed by atoms with E-state index in [2.05, 4.69) is 22.2 Å². The van der Waals surface area contributed by atoms with Crippen molar-refractivity contribution in [3.05, 3.63) is 102 Å². The highest BCUT2D eigenvalue weighted by molar-refractivity contribution is 5.82. The Labute approximate surface area is 181 Å². The van der Waals surface area contributed by atoms with E-state index in [4.69, 9.17) is 21.1 Å². The second kappa shape index (κ2) is 9.63. The molecule has 6 heteroatoms. The summed E-state index contributed by atoms with van der Waals surface area (Å²) in [7, 11) is 0. The van der Waals surface area contributed by atoms with Crippen LogP contribution < -0.4 is 21.1 Å². The molecule has 0 bridgehead atoms. The molecule has 0 fully saturated rings. The predicted molar refractivity (Wildman–Crippen MR) is 123 cm³/mol. The number of amidine groups is 1. The molecule has 0 unspecified atom stereocenters. The Morgan fingerprint density at radius 3 is 2.10 bits per heavy atom.